The molecule has 6 heteroatoms. The van der Waals surface area contributed by atoms with E-state index in [9.17, 15) is 9.59 Å². The van der Waals surface area contributed by atoms with Crippen molar-refractivity contribution in [3.63, 3.8) is 0 Å². The molecule has 1 fully saturated rings. The van der Waals surface area contributed by atoms with Crippen LogP contribution in [0, 0.1) is 0 Å². The smallest absolute Gasteiger partial charge is 0.239 e. The van der Waals surface area contributed by atoms with Crippen molar-refractivity contribution in [2.45, 2.75) is 51.0 Å². The van der Waals surface area contributed by atoms with Gasteiger partial charge in [-0.25, -0.2) is 4.98 Å². The monoisotopic (exact) mass is 371 g/mol. The van der Waals surface area contributed by atoms with Crippen LogP contribution in [0.2, 0.25) is 0 Å². The summed E-state index contributed by atoms with van der Waals surface area (Å²) >= 11 is 1.56. The fourth-order valence-corrected chi connectivity index (χ4v) is 3.99. The molecule has 2 amide bonds. The second kappa shape index (κ2) is 9.48. The summed E-state index contributed by atoms with van der Waals surface area (Å²) in [5.41, 5.74) is 2.02. The summed E-state index contributed by atoms with van der Waals surface area (Å²) in [7, 11) is 0. The van der Waals surface area contributed by atoms with Gasteiger partial charge in [0.1, 0.15) is 0 Å². The molecule has 1 saturated carbocycles. The molecule has 0 radical (unpaired) electrons. The van der Waals surface area contributed by atoms with Crippen LogP contribution >= 0.6 is 11.3 Å². The molecular weight excluding hydrogens is 346 g/mol. The van der Waals surface area contributed by atoms with Crippen molar-refractivity contribution in [1.82, 2.24) is 15.6 Å². The van der Waals surface area contributed by atoms with Gasteiger partial charge in [-0.3, -0.25) is 9.59 Å². The minimum atomic E-state index is -0.111. The number of rotatable bonds is 7. The molecule has 2 N–H and O–H groups in total. The molecule has 1 aromatic carbocycles. The molecule has 0 atom stereocenters. The Balaban J connectivity index is 1.37. The third-order valence-electron chi connectivity index (χ3n) is 4.60. The summed E-state index contributed by atoms with van der Waals surface area (Å²) in [6, 6.07) is 10.3. The number of benzene rings is 1. The van der Waals surface area contributed by atoms with Gasteiger partial charge in [-0.1, -0.05) is 49.6 Å². The lowest BCUT2D eigenvalue weighted by Crippen LogP contribution is -2.42. The minimum absolute atomic E-state index is 0.0580. The molecule has 26 heavy (non-hydrogen) atoms. The number of amides is 2. The SMILES string of the molecule is O=C(CCc1nc(-c2ccccc2)cs1)NCC(=O)NC1CCCCC1. The van der Waals surface area contributed by atoms with Crippen molar-refractivity contribution in [1.29, 1.82) is 0 Å². The first-order valence-electron chi connectivity index (χ1n) is 9.26. The lowest BCUT2D eigenvalue weighted by molar-refractivity contribution is -0.126. The highest BCUT2D eigenvalue weighted by molar-refractivity contribution is 7.09. The highest BCUT2D eigenvalue weighted by atomic mass is 32.1. The lowest BCUT2D eigenvalue weighted by atomic mass is 9.95. The van der Waals surface area contributed by atoms with E-state index in [1.54, 1.807) is 11.3 Å². The molecule has 1 aliphatic carbocycles. The number of aryl methyl sites for hydroxylation is 1. The zero-order valence-corrected chi connectivity index (χ0v) is 15.7. The van der Waals surface area contributed by atoms with E-state index in [0.29, 0.717) is 12.8 Å². The zero-order chi connectivity index (χ0) is 18.2. The van der Waals surface area contributed by atoms with Crippen LogP contribution in [0.1, 0.15) is 43.5 Å². The van der Waals surface area contributed by atoms with Crippen molar-refractivity contribution in [2.24, 2.45) is 0 Å². The molecule has 0 saturated heterocycles. The van der Waals surface area contributed by atoms with E-state index in [-0.39, 0.29) is 24.4 Å². The summed E-state index contributed by atoms with van der Waals surface area (Å²) in [5.74, 6) is -0.203. The Morgan fingerprint density at radius 2 is 1.85 bits per heavy atom. The van der Waals surface area contributed by atoms with Gasteiger partial charge in [-0.2, -0.15) is 0 Å². The van der Waals surface area contributed by atoms with Crippen molar-refractivity contribution in [2.75, 3.05) is 6.54 Å². The van der Waals surface area contributed by atoms with Crippen LogP contribution in [0.4, 0.5) is 0 Å². The largest absolute Gasteiger partial charge is 0.352 e. The first-order chi connectivity index (χ1) is 12.7. The Bertz CT molecular complexity index is 724. The molecule has 1 aromatic heterocycles. The van der Waals surface area contributed by atoms with Gasteiger partial charge in [-0.15, -0.1) is 11.3 Å². The number of nitrogens with zero attached hydrogens (tertiary/aromatic N) is 1. The summed E-state index contributed by atoms with van der Waals surface area (Å²) in [4.78, 5) is 28.5. The van der Waals surface area contributed by atoms with Crippen LogP contribution in [-0.4, -0.2) is 29.4 Å². The van der Waals surface area contributed by atoms with Crippen LogP contribution < -0.4 is 10.6 Å². The number of carbonyl (C=O) groups excluding carboxylic acids is 2. The topological polar surface area (TPSA) is 71.1 Å². The maximum Gasteiger partial charge on any atom is 0.239 e. The maximum absolute atomic E-state index is 12.0. The van der Waals surface area contributed by atoms with Gasteiger partial charge in [0.05, 0.1) is 17.2 Å². The zero-order valence-electron chi connectivity index (χ0n) is 14.9. The molecule has 0 spiro atoms. The molecule has 1 aliphatic rings. The highest BCUT2D eigenvalue weighted by Crippen LogP contribution is 2.22. The minimum Gasteiger partial charge on any atom is -0.352 e. The van der Waals surface area contributed by atoms with Crippen LogP contribution in [0.5, 0.6) is 0 Å². The summed E-state index contributed by atoms with van der Waals surface area (Å²) in [5, 5.41) is 8.66. The predicted octanol–water partition coefficient (Wildman–Crippen LogP) is 3.31. The van der Waals surface area contributed by atoms with Gasteiger partial charge >= 0.3 is 0 Å². The van der Waals surface area contributed by atoms with Gasteiger partial charge in [0.2, 0.25) is 11.8 Å². The van der Waals surface area contributed by atoms with Gasteiger partial charge in [0, 0.05) is 29.8 Å². The van der Waals surface area contributed by atoms with E-state index in [2.05, 4.69) is 15.6 Å². The average molecular weight is 372 g/mol. The van der Waals surface area contributed by atoms with Crippen molar-refractivity contribution in [3.05, 3.63) is 40.7 Å². The predicted molar refractivity (Wildman–Crippen MR) is 104 cm³/mol. The van der Waals surface area contributed by atoms with E-state index in [0.717, 1.165) is 29.1 Å². The lowest BCUT2D eigenvalue weighted by Gasteiger charge is -2.22. The Labute approximate surface area is 158 Å². The first kappa shape index (κ1) is 18.6. The first-order valence-corrected chi connectivity index (χ1v) is 10.1. The Morgan fingerprint density at radius 1 is 1.08 bits per heavy atom. The number of hydrogen-bond acceptors (Lipinski definition) is 4. The van der Waals surface area contributed by atoms with Gasteiger partial charge in [-0.05, 0) is 12.8 Å². The Kier molecular flexibility index (Phi) is 6.77. The van der Waals surface area contributed by atoms with Crippen LogP contribution in [-0.2, 0) is 16.0 Å². The standard InChI is InChI=1S/C20H25N3O2S/c24-18(21-13-19(25)22-16-9-5-2-6-10-16)11-12-20-23-17(14-26-20)15-7-3-1-4-8-15/h1,3-4,7-8,14,16H,2,5-6,9-13H2,(H,21,24)(H,22,25). The van der Waals surface area contributed by atoms with E-state index < -0.39 is 0 Å². The number of carbonyl (C=O) groups is 2. The van der Waals surface area contributed by atoms with Gasteiger partial charge < -0.3 is 10.6 Å². The normalized spacial score (nSPS) is 14.8. The quantitative estimate of drug-likeness (QED) is 0.784. The van der Waals surface area contributed by atoms with Crippen molar-refractivity contribution < 1.29 is 9.59 Å². The summed E-state index contributed by atoms with van der Waals surface area (Å²) < 4.78 is 0. The van der Waals surface area contributed by atoms with Gasteiger partial charge in [0.15, 0.2) is 0 Å². The fraction of sp³-hybridized carbons (Fsp3) is 0.450. The molecule has 1 heterocycles. The second-order valence-electron chi connectivity index (χ2n) is 6.67. The third-order valence-corrected chi connectivity index (χ3v) is 5.51. The maximum atomic E-state index is 12.0. The fourth-order valence-electron chi connectivity index (χ4n) is 3.18. The van der Waals surface area contributed by atoms with E-state index in [1.807, 2.05) is 35.7 Å². The Hall–Kier alpha value is -2.21. The molecule has 0 bridgehead atoms. The molecular formula is C20H25N3O2S. The van der Waals surface area contributed by atoms with Crippen LogP contribution in [0.3, 0.4) is 0 Å². The average Bonchev–Trinajstić information content (AvgIpc) is 3.15. The second-order valence-corrected chi connectivity index (χ2v) is 7.61. The third kappa shape index (κ3) is 5.66. The molecule has 0 aliphatic heterocycles. The van der Waals surface area contributed by atoms with E-state index >= 15 is 0 Å². The highest BCUT2D eigenvalue weighted by Gasteiger charge is 2.16. The van der Waals surface area contributed by atoms with Crippen LogP contribution in [0.25, 0.3) is 11.3 Å². The van der Waals surface area contributed by atoms with Gasteiger partial charge in [0.25, 0.3) is 0 Å². The van der Waals surface area contributed by atoms with Crippen LogP contribution in [0.15, 0.2) is 35.7 Å². The molecule has 5 nitrogen and oxygen atoms in total. The summed E-state index contributed by atoms with van der Waals surface area (Å²) in [6.07, 6.45) is 6.64. The summed E-state index contributed by atoms with van der Waals surface area (Å²) in [6.45, 7) is 0.0580. The number of aromatic nitrogens is 1. The number of nitrogens with one attached hydrogen (secondary N) is 2. The van der Waals surface area contributed by atoms with Crippen molar-refractivity contribution >= 4 is 23.2 Å². The van der Waals surface area contributed by atoms with Crippen molar-refractivity contribution in [3.8, 4) is 11.3 Å². The van der Waals surface area contributed by atoms with E-state index in [4.69, 9.17) is 0 Å². The van der Waals surface area contributed by atoms with E-state index in [1.165, 1.54) is 19.3 Å². The molecule has 2 aromatic rings. The Morgan fingerprint density at radius 3 is 2.62 bits per heavy atom. The molecule has 3 rings (SSSR count). The number of thiazole rings is 1. The number of hydrogen-bond donors (Lipinski definition) is 2. The molecule has 0 unspecified atom stereocenters. The molecule has 138 valence electrons.